The Kier molecular flexibility index (Phi) is 3.74. The fraction of sp³-hybridized carbons (Fsp3) is 1.00. The van der Waals surface area contributed by atoms with Crippen LogP contribution in [0.5, 0.6) is 0 Å². The van der Waals surface area contributed by atoms with E-state index in [4.69, 9.17) is 5.11 Å². The molecule has 1 saturated carbocycles. The molecule has 13 heavy (non-hydrogen) atoms. The van der Waals surface area contributed by atoms with Crippen molar-refractivity contribution in [1.82, 2.24) is 4.90 Å². The lowest BCUT2D eigenvalue weighted by molar-refractivity contribution is 0.0342. The average Bonchev–Trinajstić information content (AvgIpc) is 1.91. The molecule has 1 rings (SSSR count). The zero-order valence-corrected chi connectivity index (χ0v) is 9.21. The minimum atomic E-state index is 0.264. The molecule has 0 saturated heterocycles. The van der Waals surface area contributed by atoms with E-state index < -0.39 is 0 Å². The van der Waals surface area contributed by atoms with Crippen LogP contribution >= 0.6 is 0 Å². The van der Waals surface area contributed by atoms with Gasteiger partial charge in [-0.15, -0.1) is 0 Å². The van der Waals surface area contributed by atoms with Crippen LogP contribution in [0.2, 0.25) is 0 Å². The SMILES string of the molecule is CC(C)(C)N(CCCO)C1CCC1. The third kappa shape index (κ3) is 2.96. The molecule has 0 heterocycles. The largest absolute Gasteiger partial charge is 0.396 e. The third-order valence-corrected chi connectivity index (χ3v) is 2.93. The summed E-state index contributed by atoms with van der Waals surface area (Å²) in [5, 5.41) is 8.83. The van der Waals surface area contributed by atoms with Crippen LogP contribution < -0.4 is 0 Å². The second-order valence-corrected chi connectivity index (χ2v) is 5.03. The predicted octanol–water partition coefficient (Wildman–Crippen LogP) is 2.02. The highest BCUT2D eigenvalue weighted by Crippen LogP contribution is 2.30. The molecule has 1 aliphatic carbocycles. The minimum Gasteiger partial charge on any atom is -0.396 e. The summed E-state index contributed by atoms with van der Waals surface area (Å²) in [7, 11) is 0. The van der Waals surface area contributed by atoms with Crippen LogP contribution in [0.25, 0.3) is 0 Å². The first-order valence-electron chi connectivity index (χ1n) is 5.43. The number of nitrogens with zero attached hydrogens (tertiary/aromatic N) is 1. The van der Waals surface area contributed by atoms with Gasteiger partial charge in [-0.25, -0.2) is 0 Å². The van der Waals surface area contributed by atoms with E-state index in [0.29, 0.717) is 6.61 Å². The standard InChI is InChI=1S/C11H23NO/c1-11(2,3)12(8-5-9-13)10-6-4-7-10/h10,13H,4-9H2,1-3H3. The molecule has 0 aromatic carbocycles. The van der Waals surface area contributed by atoms with Gasteiger partial charge in [0, 0.05) is 24.7 Å². The fourth-order valence-electron chi connectivity index (χ4n) is 2.01. The van der Waals surface area contributed by atoms with Crippen LogP contribution in [0.4, 0.5) is 0 Å². The first kappa shape index (κ1) is 11.0. The van der Waals surface area contributed by atoms with E-state index in [1.165, 1.54) is 19.3 Å². The number of hydrogen-bond acceptors (Lipinski definition) is 2. The van der Waals surface area contributed by atoms with Gasteiger partial charge in [-0.2, -0.15) is 0 Å². The summed E-state index contributed by atoms with van der Waals surface area (Å²) < 4.78 is 0. The Bertz CT molecular complexity index is 147. The molecule has 1 N–H and O–H groups in total. The second kappa shape index (κ2) is 4.43. The van der Waals surface area contributed by atoms with Gasteiger partial charge in [0.05, 0.1) is 0 Å². The molecule has 78 valence electrons. The van der Waals surface area contributed by atoms with E-state index >= 15 is 0 Å². The summed E-state index contributed by atoms with van der Waals surface area (Å²) >= 11 is 0. The van der Waals surface area contributed by atoms with Gasteiger partial charge < -0.3 is 5.11 Å². The van der Waals surface area contributed by atoms with Gasteiger partial charge in [0.2, 0.25) is 0 Å². The van der Waals surface area contributed by atoms with Crippen molar-refractivity contribution in [2.45, 2.75) is 58.0 Å². The Hall–Kier alpha value is -0.0800. The Balaban J connectivity index is 2.43. The van der Waals surface area contributed by atoms with Crippen molar-refractivity contribution in [2.24, 2.45) is 0 Å². The fourth-order valence-corrected chi connectivity index (χ4v) is 2.01. The van der Waals surface area contributed by atoms with E-state index in [-0.39, 0.29) is 5.54 Å². The van der Waals surface area contributed by atoms with Crippen molar-refractivity contribution in [3.63, 3.8) is 0 Å². The van der Waals surface area contributed by atoms with E-state index in [0.717, 1.165) is 19.0 Å². The van der Waals surface area contributed by atoms with Gasteiger partial charge in [0.15, 0.2) is 0 Å². The molecule has 0 unspecified atom stereocenters. The molecule has 2 heteroatoms. The van der Waals surface area contributed by atoms with Crippen LogP contribution in [0.3, 0.4) is 0 Å². The predicted molar refractivity (Wildman–Crippen MR) is 55.8 cm³/mol. The van der Waals surface area contributed by atoms with Gasteiger partial charge in [0.25, 0.3) is 0 Å². The normalized spacial score (nSPS) is 19.2. The Morgan fingerprint density at radius 2 is 1.92 bits per heavy atom. The lowest BCUT2D eigenvalue weighted by Gasteiger charge is -2.45. The lowest BCUT2D eigenvalue weighted by Crippen LogP contribution is -2.51. The smallest absolute Gasteiger partial charge is 0.0443 e. The van der Waals surface area contributed by atoms with Crippen molar-refractivity contribution in [3.8, 4) is 0 Å². The summed E-state index contributed by atoms with van der Waals surface area (Å²) in [4.78, 5) is 2.55. The number of aliphatic hydroxyl groups excluding tert-OH is 1. The highest BCUT2D eigenvalue weighted by molar-refractivity contribution is 4.87. The maximum Gasteiger partial charge on any atom is 0.0443 e. The highest BCUT2D eigenvalue weighted by Gasteiger charge is 2.31. The van der Waals surface area contributed by atoms with E-state index in [1.54, 1.807) is 0 Å². The van der Waals surface area contributed by atoms with Gasteiger partial charge in [-0.05, 0) is 40.0 Å². The number of aliphatic hydroxyl groups is 1. The average molecular weight is 185 g/mol. The van der Waals surface area contributed by atoms with E-state index in [1.807, 2.05) is 0 Å². The molecule has 0 aromatic heterocycles. The lowest BCUT2D eigenvalue weighted by atomic mass is 9.87. The van der Waals surface area contributed by atoms with Crippen LogP contribution in [0, 0.1) is 0 Å². The zero-order valence-electron chi connectivity index (χ0n) is 9.21. The number of hydrogen-bond donors (Lipinski definition) is 1. The maximum absolute atomic E-state index is 8.83. The molecule has 0 amide bonds. The Morgan fingerprint density at radius 1 is 1.31 bits per heavy atom. The minimum absolute atomic E-state index is 0.264. The monoisotopic (exact) mass is 185 g/mol. The summed E-state index contributed by atoms with van der Waals surface area (Å²) in [6.45, 7) is 8.16. The first-order valence-corrected chi connectivity index (χ1v) is 5.43. The van der Waals surface area contributed by atoms with Crippen LogP contribution in [0.15, 0.2) is 0 Å². The topological polar surface area (TPSA) is 23.5 Å². The highest BCUT2D eigenvalue weighted by atomic mass is 16.3. The Labute approximate surface area is 81.9 Å². The van der Waals surface area contributed by atoms with Gasteiger partial charge in [0.1, 0.15) is 0 Å². The molecule has 0 atom stereocenters. The van der Waals surface area contributed by atoms with Crippen LogP contribution in [0.1, 0.15) is 46.5 Å². The molecule has 0 aliphatic heterocycles. The van der Waals surface area contributed by atoms with Crippen LogP contribution in [-0.2, 0) is 0 Å². The van der Waals surface area contributed by atoms with Crippen molar-refractivity contribution >= 4 is 0 Å². The van der Waals surface area contributed by atoms with Crippen LogP contribution in [-0.4, -0.2) is 34.7 Å². The molecule has 0 bridgehead atoms. The van der Waals surface area contributed by atoms with Gasteiger partial charge in [-0.3, -0.25) is 4.90 Å². The molecular weight excluding hydrogens is 162 g/mol. The second-order valence-electron chi connectivity index (χ2n) is 5.03. The zero-order chi connectivity index (χ0) is 9.90. The molecule has 1 aliphatic rings. The quantitative estimate of drug-likeness (QED) is 0.724. The summed E-state index contributed by atoms with van der Waals surface area (Å²) in [5.41, 5.74) is 0.264. The Morgan fingerprint density at radius 3 is 2.23 bits per heavy atom. The molecule has 2 nitrogen and oxygen atoms in total. The van der Waals surface area contributed by atoms with E-state index in [9.17, 15) is 0 Å². The molecular formula is C11H23NO. The molecule has 0 radical (unpaired) electrons. The van der Waals surface area contributed by atoms with E-state index in [2.05, 4.69) is 25.7 Å². The number of rotatable bonds is 4. The van der Waals surface area contributed by atoms with Gasteiger partial charge in [-0.1, -0.05) is 6.42 Å². The first-order chi connectivity index (χ1) is 6.05. The van der Waals surface area contributed by atoms with Crippen molar-refractivity contribution in [1.29, 1.82) is 0 Å². The molecule has 0 aromatic rings. The van der Waals surface area contributed by atoms with Crippen molar-refractivity contribution < 1.29 is 5.11 Å². The maximum atomic E-state index is 8.83. The summed E-state index contributed by atoms with van der Waals surface area (Å²) in [6.07, 6.45) is 5.00. The summed E-state index contributed by atoms with van der Waals surface area (Å²) in [6, 6.07) is 0.784. The van der Waals surface area contributed by atoms with Crippen molar-refractivity contribution in [3.05, 3.63) is 0 Å². The molecule has 0 spiro atoms. The molecule has 1 fully saturated rings. The van der Waals surface area contributed by atoms with Gasteiger partial charge >= 0.3 is 0 Å². The van der Waals surface area contributed by atoms with Crippen molar-refractivity contribution in [2.75, 3.05) is 13.2 Å². The summed E-state index contributed by atoms with van der Waals surface area (Å²) in [5.74, 6) is 0. The third-order valence-electron chi connectivity index (χ3n) is 2.93.